The van der Waals surface area contributed by atoms with Gasteiger partial charge in [-0.3, -0.25) is 4.79 Å². The quantitative estimate of drug-likeness (QED) is 0.841. The Kier molecular flexibility index (Phi) is 3.98. The third-order valence-electron chi connectivity index (χ3n) is 2.83. The lowest BCUT2D eigenvalue weighted by Gasteiger charge is -2.10. The van der Waals surface area contributed by atoms with Crippen molar-refractivity contribution >= 4 is 11.6 Å². The van der Waals surface area contributed by atoms with Crippen molar-refractivity contribution in [3.63, 3.8) is 0 Å². The summed E-state index contributed by atoms with van der Waals surface area (Å²) in [7, 11) is 0. The molecule has 0 aromatic heterocycles. The third kappa shape index (κ3) is 2.93. The highest BCUT2D eigenvalue weighted by Gasteiger charge is 2.10. The molecule has 0 saturated carbocycles. The SMILES string of the molecule is CCC(=O)Nc1cc(-c2ccc(F)cc2F)ccc1O. The molecule has 2 rings (SSSR count). The number of carbonyl (C=O) groups is 1. The standard InChI is InChI=1S/C15H13F2NO2/c1-2-15(20)18-13-7-9(3-6-14(13)19)11-5-4-10(16)8-12(11)17/h3-8,19H,2H2,1H3,(H,18,20). The first-order valence-corrected chi connectivity index (χ1v) is 6.09. The lowest BCUT2D eigenvalue weighted by molar-refractivity contribution is -0.115. The Labute approximate surface area is 114 Å². The van der Waals surface area contributed by atoms with E-state index in [1.54, 1.807) is 6.92 Å². The number of hydrogen-bond acceptors (Lipinski definition) is 2. The van der Waals surface area contributed by atoms with Crippen LogP contribution in [0.1, 0.15) is 13.3 Å². The Morgan fingerprint density at radius 2 is 1.95 bits per heavy atom. The normalized spacial score (nSPS) is 10.3. The van der Waals surface area contributed by atoms with Gasteiger partial charge in [0.1, 0.15) is 17.4 Å². The van der Waals surface area contributed by atoms with E-state index in [1.165, 1.54) is 24.3 Å². The minimum atomic E-state index is -0.705. The molecular weight excluding hydrogens is 264 g/mol. The van der Waals surface area contributed by atoms with Gasteiger partial charge >= 0.3 is 0 Å². The van der Waals surface area contributed by atoms with Gasteiger partial charge in [0.05, 0.1) is 5.69 Å². The van der Waals surface area contributed by atoms with E-state index in [0.717, 1.165) is 12.1 Å². The molecule has 0 saturated heterocycles. The van der Waals surface area contributed by atoms with Crippen molar-refractivity contribution in [1.29, 1.82) is 0 Å². The molecule has 0 fully saturated rings. The van der Waals surface area contributed by atoms with E-state index in [-0.39, 0.29) is 29.3 Å². The second kappa shape index (κ2) is 5.69. The highest BCUT2D eigenvalue weighted by molar-refractivity contribution is 5.93. The molecule has 2 N–H and O–H groups in total. The van der Waals surface area contributed by atoms with Crippen molar-refractivity contribution in [2.24, 2.45) is 0 Å². The maximum absolute atomic E-state index is 13.7. The number of anilines is 1. The summed E-state index contributed by atoms with van der Waals surface area (Å²) in [5, 5.41) is 12.2. The van der Waals surface area contributed by atoms with E-state index >= 15 is 0 Å². The van der Waals surface area contributed by atoms with Crippen LogP contribution in [0.4, 0.5) is 14.5 Å². The molecule has 0 aliphatic heterocycles. The van der Waals surface area contributed by atoms with Crippen LogP contribution in [0.15, 0.2) is 36.4 Å². The molecule has 1 amide bonds. The first-order chi connectivity index (χ1) is 9.51. The van der Waals surface area contributed by atoms with E-state index < -0.39 is 11.6 Å². The fourth-order valence-corrected chi connectivity index (χ4v) is 1.77. The number of phenolic OH excluding ortho intramolecular Hbond substituents is 1. The van der Waals surface area contributed by atoms with Gasteiger partial charge in [0.15, 0.2) is 0 Å². The summed E-state index contributed by atoms with van der Waals surface area (Å²) < 4.78 is 26.6. The van der Waals surface area contributed by atoms with Crippen LogP contribution < -0.4 is 5.32 Å². The Balaban J connectivity index is 2.42. The molecule has 0 heterocycles. The highest BCUT2D eigenvalue weighted by atomic mass is 19.1. The first kappa shape index (κ1) is 14.0. The van der Waals surface area contributed by atoms with Crippen LogP contribution in [0.2, 0.25) is 0 Å². The molecule has 0 spiro atoms. The van der Waals surface area contributed by atoms with Gasteiger partial charge in [-0.15, -0.1) is 0 Å². The van der Waals surface area contributed by atoms with E-state index in [2.05, 4.69) is 5.32 Å². The zero-order valence-corrected chi connectivity index (χ0v) is 10.8. The topological polar surface area (TPSA) is 49.3 Å². The predicted octanol–water partition coefficient (Wildman–Crippen LogP) is 3.69. The molecule has 0 radical (unpaired) electrons. The van der Waals surface area contributed by atoms with Crippen molar-refractivity contribution in [3.8, 4) is 16.9 Å². The second-order valence-electron chi connectivity index (χ2n) is 4.26. The number of benzene rings is 2. The molecule has 2 aromatic carbocycles. The second-order valence-corrected chi connectivity index (χ2v) is 4.26. The van der Waals surface area contributed by atoms with Crippen molar-refractivity contribution < 1.29 is 18.7 Å². The maximum Gasteiger partial charge on any atom is 0.224 e. The number of hydrogen-bond donors (Lipinski definition) is 2. The molecular formula is C15H13F2NO2. The molecule has 3 nitrogen and oxygen atoms in total. The number of phenols is 1. The van der Waals surface area contributed by atoms with Crippen molar-refractivity contribution in [2.75, 3.05) is 5.32 Å². The Morgan fingerprint density at radius 3 is 2.60 bits per heavy atom. The Hall–Kier alpha value is -2.43. The van der Waals surface area contributed by atoms with Crippen LogP contribution in [0.3, 0.4) is 0 Å². The zero-order chi connectivity index (χ0) is 14.7. The average molecular weight is 277 g/mol. The molecule has 20 heavy (non-hydrogen) atoms. The van der Waals surface area contributed by atoms with E-state index in [9.17, 15) is 18.7 Å². The minimum absolute atomic E-state index is 0.113. The van der Waals surface area contributed by atoms with Gasteiger partial charge in [-0.1, -0.05) is 13.0 Å². The van der Waals surface area contributed by atoms with Gasteiger partial charge in [-0.05, 0) is 29.8 Å². The van der Waals surface area contributed by atoms with Gasteiger partial charge in [0.2, 0.25) is 5.91 Å². The van der Waals surface area contributed by atoms with Gasteiger partial charge < -0.3 is 10.4 Å². The first-order valence-electron chi connectivity index (χ1n) is 6.09. The predicted molar refractivity (Wildman–Crippen MR) is 72.4 cm³/mol. The maximum atomic E-state index is 13.7. The fraction of sp³-hybridized carbons (Fsp3) is 0.133. The van der Waals surface area contributed by atoms with Gasteiger partial charge in [-0.2, -0.15) is 0 Å². The van der Waals surface area contributed by atoms with Crippen LogP contribution in [0.5, 0.6) is 5.75 Å². The van der Waals surface area contributed by atoms with Gasteiger partial charge in [0.25, 0.3) is 0 Å². The van der Waals surface area contributed by atoms with Crippen LogP contribution in [-0.2, 0) is 4.79 Å². The summed E-state index contributed by atoms with van der Waals surface area (Å²) in [6.45, 7) is 1.68. The minimum Gasteiger partial charge on any atom is -0.506 e. The number of nitrogens with one attached hydrogen (secondary N) is 1. The Bertz CT molecular complexity index is 656. The van der Waals surface area contributed by atoms with Crippen LogP contribution in [-0.4, -0.2) is 11.0 Å². The van der Waals surface area contributed by atoms with Crippen LogP contribution in [0.25, 0.3) is 11.1 Å². The number of halogens is 2. The number of carbonyl (C=O) groups excluding carboxylic acids is 1. The zero-order valence-electron chi connectivity index (χ0n) is 10.8. The number of amides is 1. The number of aromatic hydroxyl groups is 1. The monoisotopic (exact) mass is 277 g/mol. The molecule has 0 aliphatic rings. The molecule has 0 atom stereocenters. The van der Waals surface area contributed by atoms with Crippen LogP contribution >= 0.6 is 0 Å². The summed E-state index contributed by atoms with van der Waals surface area (Å²) >= 11 is 0. The number of rotatable bonds is 3. The summed E-state index contributed by atoms with van der Waals surface area (Å²) in [4.78, 5) is 11.3. The van der Waals surface area contributed by atoms with Gasteiger partial charge in [0, 0.05) is 18.1 Å². The van der Waals surface area contributed by atoms with E-state index in [4.69, 9.17) is 0 Å². The lowest BCUT2D eigenvalue weighted by Crippen LogP contribution is -2.09. The lowest BCUT2D eigenvalue weighted by atomic mass is 10.0. The van der Waals surface area contributed by atoms with Crippen molar-refractivity contribution in [2.45, 2.75) is 13.3 Å². The van der Waals surface area contributed by atoms with Crippen molar-refractivity contribution in [1.82, 2.24) is 0 Å². The molecule has 5 heteroatoms. The third-order valence-corrected chi connectivity index (χ3v) is 2.83. The summed E-state index contributed by atoms with van der Waals surface area (Å²) in [5.41, 5.74) is 0.822. The van der Waals surface area contributed by atoms with Crippen LogP contribution in [0, 0.1) is 11.6 Å². The van der Waals surface area contributed by atoms with Gasteiger partial charge in [-0.25, -0.2) is 8.78 Å². The summed E-state index contributed by atoms with van der Waals surface area (Å²) in [6, 6.07) is 7.53. The van der Waals surface area contributed by atoms with Crippen molar-refractivity contribution in [3.05, 3.63) is 48.0 Å². The average Bonchev–Trinajstić information content (AvgIpc) is 2.41. The smallest absolute Gasteiger partial charge is 0.224 e. The summed E-state index contributed by atoms with van der Waals surface area (Å²) in [5.74, 6) is -1.75. The molecule has 0 bridgehead atoms. The summed E-state index contributed by atoms with van der Waals surface area (Å²) in [6.07, 6.45) is 0.259. The molecule has 0 unspecified atom stereocenters. The highest BCUT2D eigenvalue weighted by Crippen LogP contribution is 2.31. The fourth-order valence-electron chi connectivity index (χ4n) is 1.77. The largest absolute Gasteiger partial charge is 0.506 e. The van der Waals surface area contributed by atoms with E-state index in [0.29, 0.717) is 5.56 Å². The van der Waals surface area contributed by atoms with E-state index in [1.807, 2.05) is 0 Å². The molecule has 2 aromatic rings. The Morgan fingerprint density at radius 1 is 1.20 bits per heavy atom. The molecule has 0 aliphatic carbocycles. The molecule has 104 valence electrons.